The fourth-order valence-corrected chi connectivity index (χ4v) is 4.45. The lowest BCUT2D eigenvalue weighted by Crippen LogP contribution is -2.49. The molecular weight excluding hydrogens is 428 g/mol. The van der Waals surface area contributed by atoms with Gasteiger partial charge in [0.1, 0.15) is 5.69 Å². The Kier molecular flexibility index (Phi) is 7.40. The average Bonchev–Trinajstić information content (AvgIpc) is 2.87. The van der Waals surface area contributed by atoms with E-state index in [0.29, 0.717) is 37.3 Å². The number of benzene rings is 2. The second-order valence-electron chi connectivity index (χ2n) is 8.83. The molecule has 3 aromatic rings. The maximum atomic E-state index is 13.1. The minimum atomic E-state index is -0.0845. The number of piperazine rings is 1. The molecule has 1 saturated heterocycles. The van der Waals surface area contributed by atoms with E-state index >= 15 is 0 Å². The Morgan fingerprint density at radius 3 is 2.35 bits per heavy atom. The van der Waals surface area contributed by atoms with Crippen LogP contribution < -0.4 is 10.5 Å². The second-order valence-corrected chi connectivity index (χ2v) is 8.83. The number of hydrogen-bond donors (Lipinski definition) is 0. The minimum absolute atomic E-state index is 0.0555. The van der Waals surface area contributed by atoms with Crippen molar-refractivity contribution in [2.75, 3.05) is 31.1 Å². The quantitative estimate of drug-likeness (QED) is 0.480. The van der Waals surface area contributed by atoms with E-state index in [9.17, 15) is 14.4 Å². The molecule has 2 heterocycles. The average molecular weight is 461 g/mol. The lowest BCUT2D eigenvalue weighted by Gasteiger charge is -2.36. The van der Waals surface area contributed by atoms with Crippen molar-refractivity contribution < 1.29 is 9.59 Å². The van der Waals surface area contributed by atoms with Crippen LogP contribution in [-0.2, 0) is 17.8 Å². The molecule has 0 N–H and O–H groups in total. The van der Waals surface area contributed by atoms with Crippen LogP contribution in [-0.4, -0.2) is 52.3 Å². The van der Waals surface area contributed by atoms with E-state index in [4.69, 9.17) is 0 Å². The van der Waals surface area contributed by atoms with Gasteiger partial charge in [0.05, 0.1) is 11.0 Å². The number of para-hydroxylation sites is 2. The first-order chi connectivity index (χ1) is 16.5. The number of Topliss-reactive ketones (excluding diaryl/α,β-unsaturated/α-hetero) is 1. The number of hydrogen-bond acceptors (Lipinski definition) is 5. The highest BCUT2D eigenvalue weighted by Crippen LogP contribution is 2.18. The number of ketones is 1. The van der Waals surface area contributed by atoms with Crippen molar-refractivity contribution in [3.05, 3.63) is 70.1 Å². The topological polar surface area (TPSA) is 75.5 Å². The molecule has 34 heavy (non-hydrogen) atoms. The van der Waals surface area contributed by atoms with Crippen molar-refractivity contribution in [1.82, 2.24) is 14.5 Å². The van der Waals surface area contributed by atoms with Gasteiger partial charge >= 0.3 is 0 Å². The largest absolute Gasteiger partial charge is 0.368 e. The molecular formula is C27H32N4O3. The number of unbranched alkanes of at least 4 members (excludes halogenated alkanes) is 1. The molecule has 0 bridgehead atoms. The van der Waals surface area contributed by atoms with E-state index in [-0.39, 0.29) is 23.7 Å². The van der Waals surface area contributed by atoms with Gasteiger partial charge < -0.3 is 14.4 Å². The summed E-state index contributed by atoms with van der Waals surface area (Å²) in [7, 11) is 0. The predicted molar refractivity (Wildman–Crippen MR) is 134 cm³/mol. The Morgan fingerprint density at radius 1 is 0.971 bits per heavy atom. The molecule has 0 saturated carbocycles. The fraction of sp³-hybridized carbons (Fsp3) is 0.407. The number of aromatic nitrogens is 2. The normalized spacial score (nSPS) is 13.9. The summed E-state index contributed by atoms with van der Waals surface area (Å²) in [5.74, 6) is 0.112. The van der Waals surface area contributed by atoms with Crippen LogP contribution in [0.3, 0.4) is 0 Å². The first-order valence-corrected chi connectivity index (χ1v) is 12.1. The third-order valence-electron chi connectivity index (χ3n) is 6.50. The SMILES string of the molecule is CCCCn1c(=O)c(CCC(=O)N2CCN(c3ccc(C(C)=O)cc3)CC2)nc2ccccc21. The molecule has 1 amide bonds. The number of fused-ring (bicyclic) bond motifs is 1. The van der Waals surface area contributed by atoms with Crippen LogP contribution in [0.15, 0.2) is 53.3 Å². The van der Waals surface area contributed by atoms with Crippen molar-refractivity contribution in [2.45, 2.75) is 46.1 Å². The van der Waals surface area contributed by atoms with Crippen LogP contribution in [0.5, 0.6) is 0 Å². The van der Waals surface area contributed by atoms with Crippen LogP contribution in [0.2, 0.25) is 0 Å². The summed E-state index contributed by atoms with van der Waals surface area (Å²) in [4.78, 5) is 46.2. The summed E-state index contributed by atoms with van der Waals surface area (Å²) in [5, 5.41) is 0. The predicted octanol–water partition coefficient (Wildman–Crippen LogP) is 3.68. The Labute approximate surface area is 200 Å². The summed E-state index contributed by atoms with van der Waals surface area (Å²) in [6, 6.07) is 15.3. The molecule has 1 aliphatic rings. The molecule has 0 unspecified atom stereocenters. The number of aryl methyl sites for hydroxylation is 2. The van der Waals surface area contributed by atoms with Crippen LogP contribution >= 0.6 is 0 Å². The third kappa shape index (κ3) is 5.19. The maximum Gasteiger partial charge on any atom is 0.272 e. The van der Waals surface area contributed by atoms with Gasteiger partial charge in [0.15, 0.2) is 5.78 Å². The van der Waals surface area contributed by atoms with E-state index in [1.807, 2.05) is 58.0 Å². The zero-order valence-corrected chi connectivity index (χ0v) is 20.0. The molecule has 1 aliphatic heterocycles. The van der Waals surface area contributed by atoms with Gasteiger partial charge in [0, 0.05) is 56.8 Å². The molecule has 178 valence electrons. The van der Waals surface area contributed by atoms with Crippen molar-refractivity contribution in [3.8, 4) is 0 Å². The van der Waals surface area contributed by atoms with E-state index in [2.05, 4.69) is 16.8 Å². The van der Waals surface area contributed by atoms with E-state index in [0.717, 1.165) is 42.7 Å². The molecule has 0 radical (unpaired) electrons. The Morgan fingerprint density at radius 2 is 1.68 bits per heavy atom. The number of nitrogens with zero attached hydrogens (tertiary/aromatic N) is 4. The van der Waals surface area contributed by atoms with Crippen LogP contribution in [0, 0.1) is 0 Å². The second kappa shape index (κ2) is 10.6. The van der Waals surface area contributed by atoms with E-state index in [1.165, 1.54) is 0 Å². The van der Waals surface area contributed by atoms with Gasteiger partial charge in [-0.15, -0.1) is 0 Å². The summed E-state index contributed by atoms with van der Waals surface area (Å²) in [6.45, 7) is 7.08. The van der Waals surface area contributed by atoms with Gasteiger partial charge in [-0.2, -0.15) is 0 Å². The molecule has 7 nitrogen and oxygen atoms in total. The summed E-state index contributed by atoms with van der Waals surface area (Å²) in [6.07, 6.45) is 2.56. The number of amides is 1. The van der Waals surface area contributed by atoms with Gasteiger partial charge in [-0.25, -0.2) is 4.98 Å². The molecule has 0 aliphatic carbocycles. The van der Waals surface area contributed by atoms with Gasteiger partial charge in [0.2, 0.25) is 5.91 Å². The number of carbonyl (C=O) groups excluding carboxylic acids is 2. The van der Waals surface area contributed by atoms with Crippen molar-refractivity contribution >= 4 is 28.4 Å². The number of rotatable bonds is 8. The van der Waals surface area contributed by atoms with Crippen molar-refractivity contribution in [2.24, 2.45) is 0 Å². The van der Waals surface area contributed by atoms with Gasteiger partial charge in [-0.3, -0.25) is 14.4 Å². The zero-order valence-electron chi connectivity index (χ0n) is 20.0. The van der Waals surface area contributed by atoms with Crippen LogP contribution in [0.4, 0.5) is 5.69 Å². The summed E-state index contributed by atoms with van der Waals surface area (Å²) < 4.78 is 1.81. The third-order valence-corrected chi connectivity index (χ3v) is 6.50. The Bertz CT molecular complexity index is 1220. The first kappa shape index (κ1) is 23.7. The monoisotopic (exact) mass is 460 g/mol. The number of carbonyl (C=O) groups is 2. The van der Waals surface area contributed by atoms with Crippen LogP contribution in [0.1, 0.15) is 49.2 Å². The summed E-state index contributed by atoms with van der Waals surface area (Å²) in [5.41, 5.74) is 3.79. The molecule has 1 fully saturated rings. The molecule has 0 atom stereocenters. The fourth-order valence-electron chi connectivity index (χ4n) is 4.45. The number of anilines is 1. The van der Waals surface area contributed by atoms with Crippen LogP contribution in [0.25, 0.3) is 11.0 Å². The lowest BCUT2D eigenvalue weighted by atomic mass is 10.1. The maximum absolute atomic E-state index is 13.1. The highest BCUT2D eigenvalue weighted by atomic mass is 16.2. The van der Waals surface area contributed by atoms with Crippen molar-refractivity contribution in [1.29, 1.82) is 0 Å². The Balaban J connectivity index is 1.38. The zero-order chi connectivity index (χ0) is 24.1. The van der Waals surface area contributed by atoms with Gasteiger partial charge in [-0.05, 0) is 49.7 Å². The van der Waals surface area contributed by atoms with Gasteiger partial charge in [-0.1, -0.05) is 25.5 Å². The lowest BCUT2D eigenvalue weighted by molar-refractivity contribution is -0.131. The van der Waals surface area contributed by atoms with E-state index < -0.39 is 0 Å². The molecule has 0 spiro atoms. The summed E-state index contributed by atoms with van der Waals surface area (Å²) >= 11 is 0. The van der Waals surface area contributed by atoms with Crippen molar-refractivity contribution in [3.63, 3.8) is 0 Å². The molecule has 7 heteroatoms. The highest BCUT2D eigenvalue weighted by Gasteiger charge is 2.22. The highest BCUT2D eigenvalue weighted by molar-refractivity contribution is 5.94. The smallest absolute Gasteiger partial charge is 0.272 e. The van der Waals surface area contributed by atoms with Gasteiger partial charge in [0.25, 0.3) is 5.56 Å². The standard InChI is InChI=1S/C27H32N4O3/c1-3-4-15-31-25-8-6-5-7-23(25)28-24(27(31)34)13-14-26(33)30-18-16-29(17-19-30)22-11-9-21(10-12-22)20(2)32/h5-12H,3-4,13-19H2,1-2H3. The molecule has 1 aromatic heterocycles. The molecule has 4 rings (SSSR count). The Hall–Kier alpha value is -3.48. The van der Waals surface area contributed by atoms with E-state index in [1.54, 1.807) is 6.92 Å². The molecule has 2 aromatic carbocycles. The minimum Gasteiger partial charge on any atom is -0.368 e. The first-order valence-electron chi connectivity index (χ1n) is 12.1.